The quantitative estimate of drug-likeness (QED) is 0.757. The van der Waals surface area contributed by atoms with Crippen LogP contribution < -0.4 is 15.5 Å². The average molecular weight is 337 g/mol. The summed E-state index contributed by atoms with van der Waals surface area (Å²) in [5, 5.41) is 3.31. The van der Waals surface area contributed by atoms with Gasteiger partial charge in [-0.1, -0.05) is 6.92 Å². The predicted molar refractivity (Wildman–Crippen MR) is 98.0 cm³/mol. The molecule has 0 aliphatic heterocycles. The maximum Gasteiger partial charge on any atom is 0.224 e. The predicted octanol–water partition coefficient (Wildman–Crippen LogP) is 4.21. The summed E-state index contributed by atoms with van der Waals surface area (Å²) in [5.74, 6) is 1.08. The van der Waals surface area contributed by atoms with Crippen molar-refractivity contribution in [1.29, 1.82) is 0 Å². The monoisotopic (exact) mass is 337 g/mol. The van der Waals surface area contributed by atoms with E-state index < -0.39 is 0 Å². The molecule has 5 heteroatoms. The third kappa shape index (κ3) is 3.71. The number of rotatable bonds is 5. The molecule has 25 heavy (non-hydrogen) atoms. The van der Waals surface area contributed by atoms with Gasteiger partial charge in [-0.3, -0.25) is 9.59 Å². The molecule has 0 aliphatic rings. The van der Waals surface area contributed by atoms with Crippen LogP contribution in [0.5, 0.6) is 5.75 Å². The molecule has 3 aromatic rings. The minimum Gasteiger partial charge on any atom is -0.497 e. The van der Waals surface area contributed by atoms with Crippen LogP contribution in [0, 0.1) is 0 Å². The molecule has 1 N–H and O–H groups in total. The smallest absolute Gasteiger partial charge is 0.224 e. The van der Waals surface area contributed by atoms with Gasteiger partial charge in [-0.05, 0) is 48.9 Å². The Morgan fingerprint density at radius 1 is 1.12 bits per heavy atom. The van der Waals surface area contributed by atoms with Gasteiger partial charge in [0.15, 0.2) is 5.43 Å². The van der Waals surface area contributed by atoms with Gasteiger partial charge in [0.25, 0.3) is 0 Å². The van der Waals surface area contributed by atoms with Gasteiger partial charge in [0.1, 0.15) is 17.1 Å². The van der Waals surface area contributed by atoms with Crippen LogP contribution in [0.15, 0.2) is 57.7 Å². The Labute approximate surface area is 145 Å². The van der Waals surface area contributed by atoms with Crippen LogP contribution >= 0.6 is 0 Å². The van der Waals surface area contributed by atoms with Crippen molar-refractivity contribution in [2.24, 2.45) is 0 Å². The Balaban J connectivity index is 1.91. The van der Waals surface area contributed by atoms with Crippen molar-refractivity contribution in [2.75, 3.05) is 12.4 Å². The summed E-state index contributed by atoms with van der Waals surface area (Å²) in [7, 11) is 1.55. The van der Waals surface area contributed by atoms with Crippen molar-refractivity contribution in [1.82, 2.24) is 0 Å². The lowest BCUT2D eigenvalue weighted by molar-refractivity contribution is -0.116. The molecule has 0 bridgehead atoms. The number of carbonyl (C=O) groups excluding carboxylic acids is 1. The molecule has 0 atom stereocenters. The van der Waals surface area contributed by atoms with E-state index in [0.29, 0.717) is 28.9 Å². The topological polar surface area (TPSA) is 68.5 Å². The summed E-state index contributed by atoms with van der Waals surface area (Å²) < 4.78 is 11.0. The molecular weight excluding hydrogens is 318 g/mol. The molecule has 1 amide bonds. The number of fused-ring (bicyclic) bond motifs is 1. The van der Waals surface area contributed by atoms with E-state index in [-0.39, 0.29) is 11.3 Å². The molecule has 5 nitrogen and oxygen atoms in total. The van der Waals surface area contributed by atoms with E-state index in [1.165, 1.54) is 6.07 Å². The number of benzene rings is 2. The zero-order valence-electron chi connectivity index (χ0n) is 14.2. The fourth-order valence-corrected chi connectivity index (χ4v) is 2.57. The summed E-state index contributed by atoms with van der Waals surface area (Å²) in [6, 6.07) is 13.8. The number of nitrogens with one attached hydrogen (secondary N) is 1. The largest absolute Gasteiger partial charge is 0.497 e. The molecule has 0 aliphatic carbocycles. The van der Waals surface area contributed by atoms with Crippen LogP contribution in [0.4, 0.5) is 5.69 Å². The Hall–Kier alpha value is -3.08. The van der Waals surface area contributed by atoms with E-state index in [0.717, 1.165) is 17.7 Å². The number of amides is 1. The minimum atomic E-state index is -0.129. The number of hydrogen-bond donors (Lipinski definition) is 1. The maximum atomic E-state index is 12.4. The van der Waals surface area contributed by atoms with Crippen LogP contribution in [0.2, 0.25) is 0 Å². The lowest BCUT2D eigenvalue weighted by atomic mass is 10.1. The Kier molecular flexibility index (Phi) is 4.84. The molecule has 0 saturated carbocycles. The molecule has 0 spiro atoms. The number of anilines is 1. The van der Waals surface area contributed by atoms with Gasteiger partial charge in [0, 0.05) is 23.7 Å². The Bertz CT molecular complexity index is 958. The second kappa shape index (κ2) is 7.21. The number of ether oxygens (including phenoxy) is 1. The summed E-state index contributed by atoms with van der Waals surface area (Å²) in [4.78, 5) is 24.0. The molecular formula is C20H19NO4. The van der Waals surface area contributed by atoms with Gasteiger partial charge < -0.3 is 14.5 Å². The first-order chi connectivity index (χ1) is 12.1. The lowest BCUT2D eigenvalue weighted by Gasteiger charge is -2.07. The highest BCUT2D eigenvalue weighted by molar-refractivity contribution is 5.91. The third-order valence-electron chi connectivity index (χ3n) is 3.86. The van der Waals surface area contributed by atoms with Gasteiger partial charge in [-0.2, -0.15) is 0 Å². The molecule has 0 saturated heterocycles. The molecule has 1 heterocycles. The minimum absolute atomic E-state index is 0.0126. The van der Waals surface area contributed by atoms with Crippen LogP contribution in [-0.4, -0.2) is 13.0 Å². The van der Waals surface area contributed by atoms with E-state index in [2.05, 4.69) is 5.32 Å². The number of methoxy groups -OCH3 is 1. The summed E-state index contributed by atoms with van der Waals surface area (Å²) in [6.45, 7) is 1.96. The highest BCUT2D eigenvalue weighted by atomic mass is 16.5. The average Bonchev–Trinajstić information content (AvgIpc) is 2.62. The fraction of sp³-hybridized carbons (Fsp3) is 0.200. The van der Waals surface area contributed by atoms with Crippen LogP contribution in [0.1, 0.15) is 19.8 Å². The maximum absolute atomic E-state index is 12.4. The first-order valence-electron chi connectivity index (χ1n) is 8.13. The summed E-state index contributed by atoms with van der Waals surface area (Å²) >= 11 is 0. The van der Waals surface area contributed by atoms with Crippen molar-refractivity contribution >= 4 is 22.6 Å². The highest BCUT2D eigenvalue weighted by Crippen LogP contribution is 2.25. The molecule has 1 aromatic heterocycles. The number of carbonyl (C=O) groups is 1. The second-order valence-electron chi connectivity index (χ2n) is 5.71. The molecule has 128 valence electrons. The van der Waals surface area contributed by atoms with Crippen LogP contribution in [0.25, 0.3) is 22.3 Å². The first kappa shape index (κ1) is 16.8. The standard InChI is InChI=1S/C20H19NO4/c1-3-4-20(23)21-14-7-5-13(6-8-14)19-12-17(22)16-11-15(24-2)9-10-18(16)25-19/h5-12H,3-4H2,1-2H3,(H,21,23). The zero-order valence-corrected chi connectivity index (χ0v) is 14.2. The van der Waals surface area contributed by atoms with E-state index in [1.807, 2.05) is 19.1 Å². The molecule has 0 radical (unpaired) electrons. The second-order valence-corrected chi connectivity index (χ2v) is 5.71. The van der Waals surface area contributed by atoms with Crippen molar-refractivity contribution in [3.63, 3.8) is 0 Å². The first-order valence-corrected chi connectivity index (χ1v) is 8.13. The zero-order chi connectivity index (χ0) is 17.8. The van der Waals surface area contributed by atoms with Crippen LogP contribution in [0.3, 0.4) is 0 Å². The molecule has 0 fully saturated rings. The van der Waals surface area contributed by atoms with Crippen LogP contribution in [-0.2, 0) is 4.79 Å². The van der Waals surface area contributed by atoms with Gasteiger partial charge in [-0.15, -0.1) is 0 Å². The van der Waals surface area contributed by atoms with Crippen molar-refractivity contribution < 1.29 is 13.9 Å². The summed E-state index contributed by atoms with van der Waals surface area (Å²) in [6.07, 6.45) is 1.29. The summed E-state index contributed by atoms with van der Waals surface area (Å²) in [5.41, 5.74) is 1.86. The van der Waals surface area contributed by atoms with Gasteiger partial charge in [0.05, 0.1) is 12.5 Å². The Morgan fingerprint density at radius 3 is 2.56 bits per heavy atom. The van der Waals surface area contributed by atoms with E-state index >= 15 is 0 Å². The SMILES string of the molecule is CCCC(=O)Nc1ccc(-c2cc(=O)c3cc(OC)ccc3o2)cc1. The Morgan fingerprint density at radius 2 is 1.88 bits per heavy atom. The van der Waals surface area contributed by atoms with E-state index in [1.54, 1.807) is 37.4 Å². The van der Waals surface area contributed by atoms with Gasteiger partial charge >= 0.3 is 0 Å². The van der Waals surface area contributed by atoms with E-state index in [9.17, 15) is 9.59 Å². The highest BCUT2D eigenvalue weighted by Gasteiger charge is 2.09. The van der Waals surface area contributed by atoms with Crippen molar-refractivity contribution in [2.45, 2.75) is 19.8 Å². The van der Waals surface area contributed by atoms with Gasteiger partial charge in [-0.25, -0.2) is 0 Å². The molecule has 3 rings (SSSR count). The van der Waals surface area contributed by atoms with Gasteiger partial charge in [0.2, 0.25) is 5.91 Å². The molecule has 0 unspecified atom stereocenters. The van der Waals surface area contributed by atoms with Crippen molar-refractivity contribution in [3.8, 4) is 17.1 Å². The molecule has 2 aromatic carbocycles. The number of hydrogen-bond acceptors (Lipinski definition) is 4. The fourth-order valence-electron chi connectivity index (χ4n) is 2.57. The normalized spacial score (nSPS) is 10.6. The third-order valence-corrected chi connectivity index (χ3v) is 3.86. The van der Waals surface area contributed by atoms with Crippen molar-refractivity contribution in [3.05, 3.63) is 58.8 Å². The lowest BCUT2D eigenvalue weighted by Crippen LogP contribution is -2.10. The van der Waals surface area contributed by atoms with E-state index in [4.69, 9.17) is 9.15 Å².